The van der Waals surface area contributed by atoms with Gasteiger partial charge in [0.05, 0.1) is 19.6 Å². The van der Waals surface area contributed by atoms with Gasteiger partial charge in [0.15, 0.2) is 0 Å². The Labute approximate surface area is 140 Å². The molecule has 1 fully saturated rings. The molecule has 1 atom stereocenters. The number of hydrogen-bond donors (Lipinski definition) is 0. The number of halogens is 1. The Morgan fingerprint density at radius 2 is 2.21 bits per heavy atom. The van der Waals surface area contributed by atoms with Crippen LogP contribution < -0.4 is 0 Å². The van der Waals surface area contributed by atoms with E-state index in [4.69, 9.17) is 4.74 Å². The van der Waals surface area contributed by atoms with Crippen LogP contribution in [0.3, 0.4) is 0 Å². The lowest BCUT2D eigenvalue weighted by atomic mass is 10.0. The molecule has 24 heavy (non-hydrogen) atoms. The molecule has 3 rings (SSSR count). The molecule has 0 aliphatic carbocycles. The number of carbonyl (C=O) groups excluding carboxylic acids is 1. The molecule has 5 nitrogen and oxygen atoms in total. The minimum atomic E-state index is -0.338. The van der Waals surface area contributed by atoms with Crippen molar-refractivity contribution in [3.05, 3.63) is 59.9 Å². The van der Waals surface area contributed by atoms with Gasteiger partial charge in [-0.15, -0.1) is 0 Å². The first-order valence-electron chi connectivity index (χ1n) is 8.06. The van der Waals surface area contributed by atoms with Crippen molar-refractivity contribution in [1.29, 1.82) is 0 Å². The van der Waals surface area contributed by atoms with E-state index < -0.39 is 0 Å². The lowest BCUT2D eigenvalue weighted by molar-refractivity contribution is -0.130. The molecule has 2 heterocycles. The zero-order chi connectivity index (χ0) is 16.8. The predicted molar refractivity (Wildman–Crippen MR) is 86.7 cm³/mol. The summed E-state index contributed by atoms with van der Waals surface area (Å²) in [4.78, 5) is 22.5. The summed E-state index contributed by atoms with van der Waals surface area (Å²) in [6.07, 6.45) is 4.04. The molecule has 1 amide bonds. The number of benzene rings is 1. The van der Waals surface area contributed by atoms with Gasteiger partial charge in [0.2, 0.25) is 5.91 Å². The van der Waals surface area contributed by atoms with Gasteiger partial charge in [-0.2, -0.15) is 0 Å². The molecule has 1 aliphatic heterocycles. The zero-order valence-corrected chi connectivity index (χ0v) is 13.4. The monoisotopic (exact) mass is 329 g/mol. The number of rotatable bonds is 4. The van der Waals surface area contributed by atoms with Crippen molar-refractivity contribution >= 4 is 5.91 Å². The molecule has 0 N–H and O–H groups in total. The maximum absolute atomic E-state index is 13.8. The molecule has 0 saturated carbocycles. The van der Waals surface area contributed by atoms with Crippen LogP contribution >= 0.6 is 0 Å². The molecule has 1 aromatic heterocycles. The minimum Gasteiger partial charge on any atom is -0.379 e. The topological polar surface area (TPSA) is 55.3 Å². The minimum absolute atomic E-state index is 0.0710. The smallest absolute Gasteiger partial charge is 0.227 e. The molecule has 126 valence electrons. The Kier molecular flexibility index (Phi) is 5.48. The molecule has 1 aliphatic rings. The maximum atomic E-state index is 13.8. The zero-order valence-electron chi connectivity index (χ0n) is 13.4. The summed E-state index contributed by atoms with van der Waals surface area (Å²) in [5, 5.41) is 0. The summed E-state index contributed by atoms with van der Waals surface area (Å²) >= 11 is 0. The molecule has 2 aromatic rings. The number of ether oxygens (including phenoxy) is 1. The molecular formula is C18H20FN3O2. The van der Waals surface area contributed by atoms with Crippen molar-refractivity contribution in [2.24, 2.45) is 5.92 Å². The van der Waals surface area contributed by atoms with Gasteiger partial charge in [-0.1, -0.05) is 18.2 Å². The highest BCUT2D eigenvalue weighted by molar-refractivity contribution is 5.78. The van der Waals surface area contributed by atoms with E-state index in [0.717, 1.165) is 12.1 Å². The van der Waals surface area contributed by atoms with Gasteiger partial charge >= 0.3 is 0 Å². The lowest BCUT2D eigenvalue weighted by Gasteiger charge is -2.23. The summed E-state index contributed by atoms with van der Waals surface area (Å²) in [5.74, 6) is -0.236. The standard InChI is InChI=1S/C18H20FN3O2/c19-17-4-2-1-3-15(17)10-18(23)22-7-8-24-12-14(11-22)9-16-5-6-20-13-21-16/h1-6,13-14H,7-12H2/t14-/m0/s1. The molecule has 0 unspecified atom stereocenters. The summed E-state index contributed by atoms with van der Waals surface area (Å²) in [6, 6.07) is 8.28. The fourth-order valence-corrected chi connectivity index (χ4v) is 2.88. The van der Waals surface area contributed by atoms with Crippen LogP contribution in [0.4, 0.5) is 4.39 Å². The first kappa shape index (κ1) is 16.5. The van der Waals surface area contributed by atoms with E-state index >= 15 is 0 Å². The van der Waals surface area contributed by atoms with E-state index in [-0.39, 0.29) is 24.1 Å². The van der Waals surface area contributed by atoms with Crippen LogP contribution in [0.15, 0.2) is 42.9 Å². The van der Waals surface area contributed by atoms with E-state index in [2.05, 4.69) is 9.97 Å². The van der Waals surface area contributed by atoms with Crippen LogP contribution in [0.25, 0.3) is 0 Å². The third-order valence-electron chi connectivity index (χ3n) is 4.13. The molecule has 0 bridgehead atoms. The lowest BCUT2D eigenvalue weighted by Crippen LogP contribution is -2.37. The number of amides is 1. The quantitative estimate of drug-likeness (QED) is 0.859. The number of nitrogens with zero attached hydrogens (tertiary/aromatic N) is 3. The average Bonchev–Trinajstić information content (AvgIpc) is 2.83. The SMILES string of the molecule is O=C(Cc1ccccc1F)N1CCOC[C@@H](Cc2ccncn2)C1. The number of carbonyl (C=O) groups is 1. The second kappa shape index (κ2) is 7.97. The van der Waals surface area contributed by atoms with Crippen LogP contribution in [0.5, 0.6) is 0 Å². The molecule has 1 saturated heterocycles. The van der Waals surface area contributed by atoms with Crippen LogP contribution in [-0.4, -0.2) is 47.1 Å². The van der Waals surface area contributed by atoms with Crippen LogP contribution in [0, 0.1) is 11.7 Å². The first-order valence-corrected chi connectivity index (χ1v) is 8.06. The first-order chi connectivity index (χ1) is 11.7. The van der Waals surface area contributed by atoms with Gasteiger partial charge in [0.25, 0.3) is 0 Å². The van der Waals surface area contributed by atoms with Crippen molar-refractivity contribution < 1.29 is 13.9 Å². The van der Waals surface area contributed by atoms with Gasteiger partial charge in [0.1, 0.15) is 12.1 Å². The largest absolute Gasteiger partial charge is 0.379 e. The van der Waals surface area contributed by atoms with E-state index in [0.29, 0.717) is 31.9 Å². The molecule has 0 spiro atoms. The summed E-state index contributed by atoms with van der Waals surface area (Å²) in [5.41, 5.74) is 1.36. The van der Waals surface area contributed by atoms with Crippen molar-refractivity contribution in [2.45, 2.75) is 12.8 Å². The fraction of sp³-hybridized carbons (Fsp3) is 0.389. The van der Waals surface area contributed by atoms with E-state index in [1.54, 1.807) is 29.3 Å². The fourth-order valence-electron chi connectivity index (χ4n) is 2.88. The Morgan fingerprint density at radius 1 is 1.33 bits per heavy atom. The highest BCUT2D eigenvalue weighted by atomic mass is 19.1. The molecule has 0 radical (unpaired) electrons. The van der Waals surface area contributed by atoms with E-state index in [1.807, 2.05) is 6.07 Å². The van der Waals surface area contributed by atoms with E-state index in [1.165, 1.54) is 12.4 Å². The Hall–Kier alpha value is -2.34. The van der Waals surface area contributed by atoms with Crippen molar-refractivity contribution in [1.82, 2.24) is 14.9 Å². The molecule has 6 heteroatoms. The molecular weight excluding hydrogens is 309 g/mol. The third-order valence-corrected chi connectivity index (χ3v) is 4.13. The number of hydrogen-bond acceptors (Lipinski definition) is 4. The van der Waals surface area contributed by atoms with Crippen molar-refractivity contribution in [2.75, 3.05) is 26.3 Å². The highest BCUT2D eigenvalue weighted by Crippen LogP contribution is 2.15. The highest BCUT2D eigenvalue weighted by Gasteiger charge is 2.23. The van der Waals surface area contributed by atoms with Gasteiger partial charge in [-0.05, 0) is 24.1 Å². The predicted octanol–water partition coefficient (Wildman–Crippen LogP) is 1.88. The Balaban J connectivity index is 1.64. The Bertz CT molecular complexity index is 681. The summed E-state index contributed by atoms with van der Waals surface area (Å²) < 4.78 is 19.4. The van der Waals surface area contributed by atoms with Crippen LogP contribution in [0.1, 0.15) is 11.3 Å². The average molecular weight is 329 g/mol. The van der Waals surface area contributed by atoms with Crippen LogP contribution in [0.2, 0.25) is 0 Å². The van der Waals surface area contributed by atoms with Crippen molar-refractivity contribution in [3.8, 4) is 0 Å². The van der Waals surface area contributed by atoms with E-state index in [9.17, 15) is 9.18 Å². The van der Waals surface area contributed by atoms with Crippen LogP contribution in [-0.2, 0) is 22.4 Å². The Morgan fingerprint density at radius 3 is 3.00 bits per heavy atom. The van der Waals surface area contributed by atoms with Gasteiger partial charge in [-0.3, -0.25) is 4.79 Å². The number of aromatic nitrogens is 2. The second-order valence-electron chi connectivity index (χ2n) is 5.95. The van der Waals surface area contributed by atoms with Gasteiger partial charge < -0.3 is 9.64 Å². The third kappa shape index (κ3) is 4.35. The van der Waals surface area contributed by atoms with Gasteiger partial charge in [-0.25, -0.2) is 14.4 Å². The summed E-state index contributed by atoms with van der Waals surface area (Å²) in [7, 11) is 0. The second-order valence-corrected chi connectivity index (χ2v) is 5.95. The summed E-state index contributed by atoms with van der Waals surface area (Å²) in [6.45, 7) is 2.22. The maximum Gasteiger partial charge on any atom is 0.227 e. The van der Waals surface area contributed by atoms with Gasteiger partial charge in [0, 0.05) is 30.9 Å². The normalized spacial score (nSPS) is 18.2. The van der Waals surface area contributed by atoms with Crippen molar-refractivity contribution in [3.63, 3.8) is 0 Å². The molecule has 1 aromatic carbocycles.